The Balaban J connectivity index is 2.63. The minimum absolute atomic E-state index is 0.0815. The lowest BCUT2D eigenvalue weighted by Crippen LogP contribution is -2.28. The summed E-state index contributed by atoms with van der Waals surface area (Å²) in [5, 5.41) is 1.19. The van der Waals surface area contributed by atoms with Crippen molar-refractivity contribution in [2.75, 3.05) is 0 Å². The molecule has 0 radical (unpaired) electrons. The van der Waals surface area contributed by atoms with E-state index in [1.54, 1.807) is 6.07 Å². The predicted octanol–water partition coefficient (Wildman–Crippen LogP) is 4.47. The number of rotatable bonds is 7. The molecule has 1 unspecified atom stereocenters. The van der Waals surface area contributed by atoms with Gasteiger partial charge in [0.25, 0.3) is 0 Å². The Morgan fingerprint density at radius 1 is 1.24 bits per heavy atom. The van der Waals surface area contributed by atoms with Crippen LogP contribution in [0.3, 0.4) is 0 Å². The fourth-order valence-corrected chi connectivity index (χ4v) is 2.33. The van der Waals surface area contributed by atoms with Gasteiger partial charge >= 0.3 is 0 Å². The Morgan fingerprint density at radius 2 is 2.00 bits per heavy atom. The number of hydrazine groups is 1. The summed E-state index contributed by atoms with van der Waals surface area (Å²) >= 11 is 12.2. The lowest BCUT2D eigenvalue weighted by Gasteiger charge is -2.18. The quantitative estimate of drug-likeness (QED) is 0.438. The lowest BCUT2D eigenvalue weighted by molar-refractivity contribution is 0.482. The normalized spacial score (nSPS) is 12.7. The monoisotopic (exact) mass is 274 g/mol. The first-order valence-electron chi connectivity index (χ1n) is 6.10. The predicted molar refractivity (Wildman–Crippen MR) is 75.3 cm³/mol. The molecule has 96 valence electrons. The Morgan fingerprint density at radius 3 is 2.65 bits per heavy atom. The van der Waals surface area contributed by atoms with Gasteiger partial charge in [-0.05, 0) is 18.1 Å². The summed E-state index contributed by atoms with van der Waals surface area (Å²) in [7, 11) is 0. The molecule has 4 heteroatoms. The third-order valence-corrected chi connectivity index (χ3v) is 3.74. The second-order valence-corrected chi connectivity index (χ2v) is 5.00. The molecule has 0 aliphatic rings. The van der Waals surface area contributed by atoms with Crippen LogP contribution >= 0.6 is 23.2 Å². The zero-order valence-electron chi connectivity index (χ0n) is 10.2. The number of nitrogens with two attached hydrogens (primary N) is 1. The van der Waals surface area contributed by atoms with Gasteiger partial charge in [0.2, 0.25) is 0 Å². The Kier molecular flexibility index (Phi) is 6.90. The van der Waals surface area contributed by atoms with Crippen molar-refractivity contribution < 1.29 is 0 Å². The number of hydrogen-bond donors (Lipinski definition) is 2. The van der Waals surface area contributed by atoms with Crippen LogP contribution in [0.15, 0.2) is 18.2 Å². The molecule has 0 saturated heterocycles. The molecule has 17 heavy (non-hydrogen) atoms. The number of hydrogen-bond acceptors (Lipinski definition) is 2. The molecular weight excluding hydrogens is 255 g/mol. The van der Waals surface area contributed by atoms with E-state index < -0.39 is 0 Å². The number of benzene rings is 1. The van der Waals surface area contributed by atoms with E-state index in [-0.39, 0.29) is 6.04 Å². The van der Waals surface area contributed by atoms with Gasteiger partial charge in [-0.25, -0.2) is 0 Å². The smallest absolute Gasteiger partial charge is 0.0640 e. The minimum Gasteiger partial charge on any atom is -0.271 e. The molecular formula is C13H20Cl2N2. The SMILES string of the molecule is CCCCCCC(NN)c1cccc(Cl)c1Cl. The molecule has 0 fully saturated rings. The van der Waals surface area contributed by atoms with Crippen molar-refractivity contribution in [3.63, 3.8) is 0 Å². The Bertz CT molecular complexity index is 342. The highest BCUT2D eigenvalue weighted by molar-refractivity contribution is 6.42. The van der Waals surface area contributed by atoms with Gasteiger partial charge in [-0.2, -0.15) is 0 Å². The van der Waals surface area contributed by atoms with Crippen molar-refractivity contribution in [2.24, 2.45) is 5.84 Å². The average Bonchev–Trinajstić information content (AvgIpc) is 2.34. The second-order valence-electron chi connectivity index (χ2n) is 4.21. The van der Waals surface area contributed by atoms with Gasteiger partial charge in [0.1, 0.15) is 0 Å². The van der Waals surface area contributed by atoms with E-state index in [4.69, 9.17) is 29.0 Å². The van der Waals surface area contributed by atoms with Gasteiger partial charge in [0, 0.05) is 6.04 Å². The molecule has 0 spiro atoms. The van der Waals surface area contributed by atoms with E-state index in [0.717, 1.165) is 18.4 Å². The van der Waals surface area contributed by atoms with Gasteiger partial charge in [0.15, 0.2) is 0 Å². The van der Waals surface area contributed by atoms with Crippen LogP contribution in [0.2, 0.25) is 10.0 Å². The van der Waals surface area contributed by atoms with Gasteiger partial charge in [-0.1, -0.05) is 67.9 Å². The van der Waals surface area contributed by atoms with E-state index in [9.17, 15) is 0 Å². The third kappa shape index (κ3) is 4.47. The Hall–Kier alpha value is -0.280. The highest BCUT2D eigenvalue weighted by Crippen LogP contribution is 2.31. The van der Waals surface area contributed by atoms with Crippen LogP contribution in [-0.4, -0.2) is 0 Å². The third-order valence-electron chi connectivity index (χ3n) is 2.90. The Labute approximate surface area is 113 Å². The number of nitrogens with one attached hydrogen (secondary N) is 1. The molecule has 2 nitrogen and oxygen atoms in total. The van der Waals surface area contributed by atoms with Crippen molar-refractivity contribution >= 4 is 23.2 Å². The molecule has 0 aliphatic carbocycles. The molecule has 0 heterocycles. The minimum atomic E-state index is 0.0815. The first-order chi connectivity index (χ1) is 8.20. The van der Waals surface area contributed by atoms with Crippen molar-refractivity contribution in [1.29, 1.82) is 0 Å². The summed E-state index contributed by atoms with van der Waals surface area (Å²) in [5.74, 6) is 5.59. The molecule has 1 atom stereocenters. The van der Waals surface area contributed by atoms with Crippen LogP contribution in [0.25, 0.3) is 0 Å². The zero-order valence-corrected chi connectivity index (χ0v) is 11.7. The van der Waals surface area contributed by atoms with Gasteiger partial charge in [-0.15, -0.1) is 0 Å². The zero-order chi connectivity index (χ0) is 12.7. The highest BCUT2D eigenvalue weighted by Gasteiger charge is 2.14. The first kappa shape index (κ1) is 14.8. The van der Waals surface area contributed by atoms with Crippen LogP contribution in [0, 0.1) is 0 Å². The maximum absolute atomic E-state index is 6.18. The van der Waals surface area contributed by atoms with Gasteiger partial charge in [0.05, 0.1) is 10.0 Å². The van der Waals surface area contributed by atoms with Crippen LogP contribution in [0.4, 0.5) is 0 Å². The summed E-state index contributed by atoms with van der Waals surface area (Å²) in [6.45, 7) is 2.20. The molecule has 3 N–H and O–H groups in total. The van der Waals surface area contributed by atoms with Crippen LogP contribution in [0.5, 0.6) is 0 Å². The van der Waals surface area contributed by atoms with Crippen LogP contribution < -0.4 is 11.3 Å². The first-order valence-corrected chi connectivity index (χ1v) is 6.86. The highest BCUT2D eigenvalue weighted by atomic mass is 35.5. The van der Waals surface area contributed by atoms with Crippen LogP contribution in [-0.2, 0) is 0 Å². The van der Waals surface area contributed by atoms with Crippen molar-refractivity contribution in [3.8, 4) is 0 Å². The molecule has 0 aromatic heterocycles. The van der Waals surface area contributed by atoms with E-state index in [0.29, 0.717) is 10.0 Å². The van der Waals surface area contributed by atoms with E-state index in [1.165, 1.54) is 19.3 Å². The second kappa shape index (κ2) is 7.93. The van der Waals surface area contributed by atoms with Gasteiger partial charge < -0.3 is 0 Å². The maximum Gasteiger partial charge on any atom is 0.0640 e. The lowest BCUT2D eigenvalue weighted by atomic mass is 10.0. The summed E-state index contributed by atoms with van der Waals surface area (Å²) in [4.78, 5) is 0. The fraction of sp³-hybridized carbons (Fsp3) is 0.538. The van der Waals surface area contributed by atoms with Crippen molar-refractivity contribution in [2.45, 2.75) is 45.1 Å². The molecule has 1 aromatic rings. The summed E-state index contributed by atoms with van der Waals surface area (Å²) in [6, 6.07) is 5.74. The number of halogens is 2. The van der Waals surface area contributed by atoms with Gasteiger partial charge in [-0.3, -0.25) is 11.3 Å². The van der Waals surface area contributed by atoms with Crippen LogP contribution in [0.1, 0.15) is 50.6 Å². The topological polar surface area (TPSA) is 38.0 Å². The van der Waals surface area contributed by atoms with E-state index in [2.05, 4.69) is 12.3 Å². The average molecular weight is 275 g/mol. The molecule has 0 saturated carbocycles. The molecule has 0 aliphatic heterocycles. The fourth-order valence-electron chi connectivity index (χ4n) is 1.89. The van der Waals surface area contributed by atoms with Crippen molar-refractivity contribution in [1.82, 2.24) is 5.43 Å². The molecule has 0 amide bonds. The molecule has 0 bridgehead atoms. The molecule has 1 rings (SSSR count). The van der Waals surface area contributed by atoms with E-state index >= 15 is 0 Å². The maximum atomic E-state index is 6.18. The standard InChI is InChI=1S/C13H20Cl2N2/c1-2-3-4-5-9-12(17-16)10-7-6-8-11(14)13(10)15/h6-8,12,17H,2-5,9,16H2,1H3. The summed E-state index contributed by atoms with van der Waals surface area (Å²) in [6.07, 6.45) is 5.86. The summed E-state index contributed by atoms with van der Waals surface area (Å²) < 4.78 is 0. The number of unbranched alkanes of at least 4 members (excludes halogenated alkanes) is 3. The summed E-state index contributed by atoms with van der Waals surface area (Å²) in [5.41, 5.74) is 3.80. The van der Waals surface area contributed by atoms with E-state index in [1.807, 2.05) is 12.1 Å². The van der Waals surface area contributed by atoms with Crippen molar-refractivity contribution in [3.05, 3.63) is 33.8 Å². The largest absolute Gasteiger partial charge is 0.271 e. The molecule has 1 aromatic carbocycles.